The number of carbonyl (C=O) groups excluding carboxylic acids is 1. The first-order valence-electron chi connectivity index (χ1n) is 7.52. The Kier molecular flexibility index (Phi) is 5.60. The maximum Gasteiger partial charge on any atom is 0.248 e. The van der Waals surface area contributed by atoms with Crippen LogP contribution in [-0.4, -0.2) is 84.7 Å². The van der Waals surface area contributed by atoms with Crippen LogP contribution in [0, 0.1) is 5.92 Å². The molecule has 0 aromatic carbocycles. The number of rotatable bonds is 4. The number of hydrogen-bond donors (Lipinski definition) is 1. The number of piperidine rings is 1. The highest BCUT2D eigenvalue weighted by atomic mass is 16.3. The summed E-state index contributed by atoms with van der Waals surface area (Å²) in [6, 6.07) is 0. The molecular weight excluding hydrogens is 242 g/mol. The Morgan fingerprint density at radius 1 is 1.00 bits per heavy atom. The van der Waals surface area contributed by atoms with E-state index < -0.39 is 0 Å². The standard InChI is InChI=1S/C14H27N3O2/c1-13-2-4-15(5-3-13)6-7-16-8-10-17(11-9-16)14(19)12-18/h13,18H,2-12H2,1H3. The Labute approximate surface area is 116 Å². The van der Waals surface area contributed by atoms with Crippen molar-refractivity contribution >= 4 is 5.91 Å². The first-order valence-corrected chi connectivity index (χ1v) is 7.52. The smallest absolute Gasteiger partial charge is 0.248 e. The van der Waals surface area contributed by atoms with E-state index in [9.17, 15) is 4.79 Å². The largest absolute Gasteiger partial charge is 0.387 e. The summed E-state index contributed by atoms with van der Waals surface area (Å²) in [5.74, 6) is 0.758. The molecule has 19 heavy (non-hydrogen) atoms. The number of nitrogens with zero attached hydrogens (tertiary/aromatic N) is 3. The van der Waals surface area contributed by atoms with Crippen molar-refractivity contribution in [3.63, 3.8) is 0 Å². The van der Waals surface area contributed by atoms with Gasteiger partial charge in [0.2, 0.25) is 5.91 Å². The molecular formula is C14H27N3O2. The fourth-order valence-electron chi connectivity index (χ4n) is 2.89. The van der Waals surface area contributed by atoms with Crippen LogP contribution in [0.2, 0.25) is 0 Å². The summed E-state index contributed by atoms with van der Waals surface area (Å²) in [7, 11) is 0. The second-order valence-corrected chi connectivity index (χ2v) is 5.90. The molecule has 0 atom stereocenters. The molecule has 1 amide bonds. The molecule has 5 nitrogen and oxygen atoms in total. The van der Waals surface area contributed by atoms with Gasteiger partial charge in [0, 0.05) is 39.3 Å². The zero-order valence-corrected chi connectivity index (χ0v) is 12.1. The SMILES string of the molecule is CC1CCN(CCN2CCN(C(=O)CO)CC2)CC1. The molecule has 0 radical (unpaired) electrons. The lowest BCUT2D eigenvalue weighted by atomic mass is 9.99. The van der Waals surface area contributed by atoms with Crippen molar-refractivity contribution in [2.45, 2.75) is 19.8 Å². The molecule has 2 aliphatic rings. The van der Waals surface area contributed by atoms with Crippen molar-refractivity contribution < 1.29 is 9.90 Å². The van der Waals surface area contributed by atoms with Gasteiger partial charge in [0.05, 0.1) is 0 Å². The third-order valence-corrected chi connectivity index (χ3v) is 4.47. The van der Waals surface area contributed by atoms with Crippen LogP contribution >= 0.6 is 0 Å². The van der Waals surface area contributed by atoms with Gasteiger partial charge in [0.1, 0.15) is 6.61 Å². The molecule has 0 bridgehead atoms. The quantitative estimate of drug-likeness (QED) is 0.771. The van der Waals surface area contributed by atoms with Gasteiger partial charge in [-0.3, -0.25) is 9.69 Å². The van der Waals surface area contributed by atoms with Crippen LogP contribution in [0.3, 0.4) is 0 Å². The van der Waals surface area contributed by atoms with E-state index in [2.05, 4.69) is 16.7 Å². The third kappa shape index (κ3) is 4.44. The van der Waals surface area contributed by atoms with Crippen LogP contribution in [0.25, 0.3) is 0 Å². The van der Waals surface area contributed by atoms with Gasteiger partial charge in [-0.2, -0.15) is 0 Å². The number of aliphatic hydroxyl groups excluding tert-OH is 1. The molecule has 2 rings (SSSR count). The number of likely N-dealkylation sites (tertiary alicyclic amines) is 1. The lowest BCUT2D eigenvalue weighted by molar-refractivity contribution is -0.135. The Hall–Kier alpha value is -0.650. The molecule has 0 aromatic rings. The minimum Gasteiger partial charge on any atom is -0.387 e. The average molecular weight is 269 g/mol. The number of amides is 1. The van der Waals surface area contributed by atoms with E-state index in [1.54, 1.807) is 4.90 Å². The summed E-state index contributed by atoms with van der Waals surface area (Å²) in [6.07, 6.45) is 2.66. The minimum absolute atomic E-state index is 0.135. The van der Waals surface area contributed by atoms with E-state index >= 15 is 0 Å². The highest BCUT2D eigenvalue weighted by molar-refractivity contribution is 5.77. The van der Waals surface area contributed by atoms with E-state index in [4.69, 9.17) is 5.11 Å². The molecule has 2 aliphatic heterocycles. The van der Waals surface area contributed by atoms with Crippen molar-refractivity contribution in [2.24, 2.45) is 5.92 Å². The van der Waals surface area contributed by atoms with Gasteiger partial charge in [0.15, 0.2) is 0 Å². The van der Waals surface area contributed by atoms with E-state index in [0.717, 1.165) is 45.2 Å². The van der Waals surface area contributed by atoms with Crippen LogP contribution in [0.5, 0.6) is 0 Å². The predicted octanol–water partition coefficient (Wildman–Crippen LogP) is -0.145. The van der Waals surface area contributed by atoms with E-state index in [1.807, 2.05) is 0 Å². The zero-order chi connectivity index (χ0) is 13.7. The number of carbonyl (C=O) groups is 1. The fourth-order valence-corrected chi connectivity index (χ4v) is 2.89. The molecule has 2 saturated heterocycles. The average Bonchev–Trinajstić information content (AvgIpc) is 2.46. The highest BCUT2D eigenvalue weighted by Gasteiger charge is 2.21. The normalized spacial score (nSPS) is 23.8. The monoisotopic (exact) mass is 269 g/mol. The molecule has 0 aliphatic carbocycles. The molecule has 0 aromatic heterocycles. The molecule has 1 N–H and O–H groups in total. The molecule has 110 valence electrons. The third-order valence-electron chi connectivity index (χ3n) is 4.47. The topological polar surface area (TPSA) is 47.0 Å². The first-order chi connectivity index (χ1) is 9.19. The first kappa shape index (κ1) is 14.8. The van der Waals surface area contributed by atoms with Gasteiger partial charge in [-0.25, -0.2) is 0 Å². The maximum absolute atomic E-state index is 11.4. The minimum atomic E-state index is -0.355. The predicted molar refractivity (Wildman–Crippen MR) is 74.9 cm³/mol. The van der Waals surface area contributed by atoms with Crippen molar-refractivity contribution in [2.75, 3.05) is 59.0 Å². The Balaban J connectivity index is 1.62. The number of piperazine rings is 1. The van der Waals surface area contributed by atoms with Gasteiger partial charge in [-0.15, -0.1) is 0 Å². The Morgan fingerprint density at radius 3 is 2.05 bits per heavy atom. The van der Waals surface area contributed by atoms with Crippen LogP contribution in [0.15, 0.2) is 0 Å². The van der Waals surface area contributed by atoms with Crippen molar-refractivity contribution in [3.05, 3.63) is 0 Å². The van der Waals surface area contributed by atoms with Crippen LogP contribution in [0.4, 0.5) is 0 Å². The van der Waals surface area contributed by atoms with Gasteiger partial charge < -0.3 is 14.9 Å². The number of hydrogen-bond acceptors (Lipinski definition) is 4. The van der Waals surface area contributed by atoms with Gasteiger partial charge >= 0.3 is 0 Å². The van der Waals surface area contributed by atoms with Crippen LogP contribution in [-0.2, 0) is 4.79 Å². The summed E-state index contributed by atoms with van der Waals surface area (Å²) in [6.45, 7) is 10.1. The van der Waals surface area contributed by atoms with E-state index in [1.165, 1.54) is 25.9 Å². The van der Waals surface area contributed by atoms with Gasteiger partial charge in [0.25, 0.3) is 0 Å². The van der Waals surface area contributed by atoms with Crippen molar-refractivity contribution in [1.29, 1.82) is 0 Å². The summed E-state index contributed by atoms with van der Waals surface area (Å²) in [5.41, 5.74) is 0. The summed E-state index contributed by atoms with van der Waals surface area (Å²) < 4.78 is 0. The molecule has 0 saturated carbocycles. The van der Waals surface area contributed by atoms with E-state index in [-0.39, 0.29) is 12.5 Å². The maximum atomic E-state index is 11.4. The van der Waals surface area contributed by atoms with Gasteiger partial charge in [-0.1, -0.05) is 6.92 Å². The van der Waals surface area contributed by atoms with Gasteiger partial charge in [-0.05, 0) is 31.8 Å². The second-order valence-electron chi connectivity index (χ2n) is 5.90. The fraction of sp³-hybridized carbons (Fsp3) is 0.929. The zero-order valence-electron chi connectivity index (χ0n) is 12.1. The molecule has 2 fully saturated rings. The van der Waals surface area contributed by atoms with E-state index in [0.29, 0.717) is 0 Å². The summed E-state index contributed by atoms with van der Waals surface area (Å²) >= 11 is 0. The number of aliphatic hydroxyl groups is 1. The highest BCUT2D eigenvalue weighted by Crippen LogP contribution is 2.15. The van der Waals surface area contributed by atoms with Crippen LogP contribution in [0.1, 0.15) is 19.8 Å². The summed E-state index contributed by atoms with van der Waals surface area (Å²) in [4.78, 5) is 18.1. The summed E-state index contributed by atoms with van der Waals surface area (Å²) in [5, 5.41) is 8.84. The Bertz CT molecular complexity index is 282. The van der Waals surface area contributed by atoms with Crippen molar-refractivity contribution in [3.8, 4) is 0 Å². The van der Waals surface area contributed by atoms with Crippen LogP contribution < -0.4 is 0 Å². The molecule has 0 spiro atoms. The lowest BCUT2D eigenvalue weighted by Gasteiger charge is -2.36. The molecule has 2 heterocycles. The molecule has 0 unspecified atom stereocenters. The lowest BCUT2D eigenvalue weighted by Crippen LogP contribution is -2.51. The Morgan fingerprint density at radius 2 is 1.53 bits per heavy atom. The second kappa shape index (κ2) is 7.22. The molecule has 5 heteroatoms. The van der Waals surface area contributed by atoms with Crippen molar-refractivity contribution in [1.82, 2.24) is 14.7 Å².